The molecule has 0 aliphatic heterocycles. The molecule has 1 aromatic rings. The van der Waals surface area contributed by atoms with Gasteiger partial charge in [-0.1, -0.05) is 49.8 Å². The van der Waals surface area contributed by atoms with Crippen LogP contribution in [0, 0.1) is 6.92 Å². The van der Waals surface area contributed by atoms with Gasteiger partial charge in [0.15, 0.2) is 0 Å². The lowest BCUT2D eigenvalue weighted by molar-refractivity contribution is -0.113. The van der Waals surface area contributed by atoms with Gasteiger partial charge in [0.25, 0.3) is 5.91 Å². The van der Waals surface area contributed by atoms with E-state index in [2.05, 4.69) is 18.8 Å². The van der Waals surface area contributed by atoms with E-state index < -0.39 is 0 Å². The summed E-state index contributed by atoms with van der Waals surface area (Å²) >= 11 is 0. The van der Waals surface area contributed by atoms with Gasteiger partial charge in [-0.15, -0.1) is 0 Å². The van der Waals surface area contributed by atoms with Crippen molar-refractivity contribution in [3.05, 3.63) is 54.1 Å². The van der Waals surface area contributed by atoms with Gasteiger partial charge in [-0.05, 0) is 25.5 Å². The molecule has 0 saturated carbocycles. The first-order chi connectivity index (χ1) is 8.17. The maximum Gasteiger partial charge on any atom is 0.251 e. The summed E-state index contributed by atoms with van der Waals surface area (Å²) in [5.74, 6) is -0.0457. The molecule has 0 bridgehead atoms. The van der Waals surface area contributed by atoms with E-state index in [4.69, 9.17) is 0 Å². The van der Waals surface area contributed by atoms with Gasteiger partial charge in [0.2, 0.25) is 0 Å². The predicted molar refractivity (Wildman–Crippen MR) is 73.0 cm³/mol. The van der Waals surface area contributed by atoms with Crippen molar-refractivity contribution in [1.29, 1.82) is 0 Å². The molecule has 0 radical (unpaired) electrons. The quantitative estimate of drug-likeness (QED) is 0.603. The first-order valence-corrected chi connectivity index (χ1v) is 5.87. The highest BCUT2D eigenvalue weighted by atomic mass is 16.1. The summed E-state index contributed by atoms with van der Waals surface area (Å²) in [7, 11) is 0. The Hall–Kier alpha value is -1.83. The summed E-state index contributed by atoms with van der Waals surface area (Å²) < 4.78 is 0. The Morgan fingerprint density at radius 2 is 2.00 bits per heavy atom. The van der Waals surface area contributed by atoms with E-state index >= 15 is 0 Å². The molecule has 0 heterocycles. The number of anilines is 1. The number of aryl methyl sites for hydroxylation is 1. The molecule has 0 saturated heterocycles. The Bertz CT molecular complexity index is 415. The van der Waals surface area contributed by atoms with Crippen molar-refractivity contribution < 1.29 is 4.79 Å². The van der Waals surface area contributed by atoms with Gasteiger partial charge in [-0.3, -0.25) is 4.79 Å². The minimum Gasteiger partial charge on any atom is -0.322 e. The zero-order chi connectivity index (χ0) is 12.7. The Labute approximate surface area is 103 Å². The smallest absolute Gasteiger partial charge is 0.251 e. The summed E-state index contributed by atoms with van der Waals surface area (Å²) in [6, 6.07) is 7.77. The van der Waals surface area contributed by atoms with Crippen molar-refractivity contribution in [3.8, 4) is 0 Å². The summed E-state index contributed by atoms with van der Waals surface area (Å²) in [6.07, 6.45) is 5.14. The van der Waals surface area contributed by atoms with Gasteiger partial charge in [0.1, 0.15) is 0 Å². The van der Waals surface area contributed by atoms with E-state index in [1.807, 2.05) is 31.2 Å². The number of hydrogen-bond donors (Lipinski definition) is 1. The van der Waals surface area contributed by atoms with Crippen LogP contribution in [0.25, 0.3) is 0 Å². The van der Waals surface area contributed by atoms with Crippen molar-refractivity contribution in [2.45, 2.75) is 26.7 Å². The second-order valence-corrected chi connectivity index (χ2v) is 4.00. The maximum absolute atomic E-state index is 12.0. The number of amides is 1. The molecule has 0 spiro atoms. The molecule has 1 amide bonds. The van der Waals surface area contributed by atoms with E-state index in [9.17, 15) is 4.79 Å². The molecule has 0 unspecified atom stereocenters. The van der Waals surface area contributed by atoms with Gasteiger partial charge in [-0.2, -0.15) is 0 Å². The first kappa shape index (κ1) is 13.2. The monoisotopic (exact) mass is 229 g/mol. The van der Waals surface area contributed by atoms with Crippen molar-refractivity contribution in [1.82, 2.24) is 0 Å². The zero-order valence-electron chi connectivity index (χ0n) is 10.5. The van der Waals surface area contributed by atoms with Crippen molar-refractivity contribution in [2.24, 2.45) is 0 Å². The summed E-state index contributed by atoms with van der Waals surface area (Å²) in [5, 5.41) is 2.88. The van der Waals surface area contributed by atoms with Crippen molar-refractivity contribution in [2.75, 3.05) is 5.32 Å². The van der Waals surface area contributed by atoms with E-state index in [-0.39, 0.29) is 5.91 Å². The Morgan fingerprint density at radius 1 is 1.35 bits per heavy atom. The van der Waals surface area contributed by atoms with E-state index in [1.54, 1.807) is 12.2 Å². The fourth-order valence-electron chi connectivity index (χ4n) is 1.53. The predicted octanol–water partition coefficient (Wildman–Crippen LogP) is 3.85. The second kappa shape index (κ2) is 6.69. The van der Waals surface area contributed by atoms with Gasteiger partial charge >= 0.3 is 0 Å². The lowest BCUT2D eigenvalue weighted by atomic mass is 10.1. The van der Waals surface area contributed by atoms with Crippen LogP contribution >= 0.6 is 0 Å². The molecule has 2 heteroatoms. The Kier molecular flexibility index (Phi) is 5.21. The van der Waals surface area contributed by atoms with Crippen molar-refractivity contribution >= 4 is 11.6 Å². The first-order valence-electron chi connectivity index (χ1n) is 5.87. The molecule has 0 aliphatic rings. The molecule has 0 aliphatic carbocycles. The zero-order valence-corrected chi connectivity index (χ0v) is 10.5. The third-order valence-corrected chi connectivity index (χ3v) is 2.44. The number of hydrogen-bond acceptors (Lipinski definition) is 1. The molecule has 90 valence electrons. The fraction of sp³-hybridized carbons (Fsp3) is 0.267. The van der Waals surface area contributed by atoms with Gasteiger partial charge in [-0.25, -0.2) is 0 Å². The Balaban J connectivity index is 2.73. The highest BCUT2D eigenvalue weighted by Gasteiger charge is 2.07. The minimum atomic E-state index is -0.0457. The van der Waals surface area contributed by atoms with Crippen LogP contribution in [-0.2, 0) is 4.79 Å². The number of benzene rings is 1. The molecule has 17 heavy (non-hydrogen) atoms. The van der Waals surface area contributed by atoms with Crippen LogP contribution < -0.4 is 5.32 Å². The molecular formula is C15H19NO. The summed E-state index contributed by atoms with van der Waals surface area (Å²) in [5.41, 5.74) is 2.77. The average molecular weight is 229 g/mol. The minimum absolute atomic E-state index is 0.0457. The molecule has 0 fully saturated rings. The third-order valence-electron chi connectivity index (χ3n) is 2.44. The van der Waals surface area contributed by atoms with Crippen LogP contribution in [0.1, 0.15) is 25.3 Å². The van der Waals surface area contributed by atoms with Crippen LogP contribution in [0.5, 0.6) is 0 Å². The number of carbonyl (C=O) groups excluding carboxylic acids is 1. The lowest BCUT2D eigenvalue weighted by Crippen LogP contribution is -2.14. The fourth-order valence-corrected chi connectivity index (χ4v) is 1.53. The van der Waals surface area contributed by atoms with Gasteiger partial charge < -0.3 is 5.32 Å². The lowest BCUT2D eigenvalue weighted by Gasteiger charge is -2.08. The van der Waals surface area contributed by atoms with Gasteiger partial charge in [0, 0.05) is 11.3 Å². The topological polar surface area (TPSA) is 29.1 Å². The summed E-state index contributed by atoms with van der Waals surface area (Å²) in [4.78, 5) is 12.0. The SMILES string of the molecule is C=C/C=C(\CCC)C(=O)Nc1ccc(C)cc1. The van der Waals surface area contributed by atoms with Gasteiger partial charge in [0.05, 0.1) is 0 Å². The molecule has 0 atom stereocenters. The molecule has 1 aromatic carbocycles. The average Bonchev–Trinajstić information content (AvgIpc) is 2.32. The number of carbonyl (C=O) groups is 1. The maximum atomic E-state index is 12.0. The number of rotatable bonds is 5. The van der Waals surface area contributed by atoms with Crippen LogP contribution in [0.2, 0.25) is 0 Å². The summed E-state index contributed by atoms with van der Waals surface area (Å²) in [6.45, 7) is 7.70. The van der Waals surface area contributed by atoms with Crippen LogP contribution in [0.3, 0.4) is 0 Å². The van der Waals surface area contributed by atoms with E-state index in [0.29, 0.717) is 0 Å². The van der Waals surface area contributed by atoms with Crippen molar-refractivity contribution in [3.63, 3.8) is 0 Å². The normalized spacial score (nSPS) is 11.1. The standard InChI is InChI=1S/C15H19NO/c1-4-6-13(7-5-2)15(17)16-14-10-8-12(3)9-11-14/h4,6,8-11H,1,5,7H2,2-3H3,(H,16,17)/b13-6+. The molecule has 2 nitrogen and oxygen atoms in total. The largest absolute Gasteiger partial charge is 0.322 e. The van der Waals surface area contributed by atoms with E-state index in [1.165, 1.54) is 5.56 Å². The number of nitrogens with one attached hydrogen (secondary N) is 1. The van der Waals surface area contributed by atoms with Crippen LogP contribution in [-0.4, -0.2) is 5.91 Å². The third kappa shape index (κ3) is 4.27. The molecule has 0 aromatic heterocycles. The highest BCUT2D eigenvalue weighted by molar-refractivity contribution is 6.03. The Morgan fingerprint density at radius 3 is 2.53 bits per heavy atom. The van der Waals surface area contributed by atoms with E-state index in [0.717, 1.165) is 24.1 Å². The highest BCUT2D eigenvalue weighted by Crippen LogP contribution is 2.12. The van der Waals surface area contributed by atoms with Crippen LogP contribution in [0.15, 0.2) is 48.6 Å². The second-order valence-electron chi connectivity index (χ2n) is 4.00. The molecular weight excluding hydrogens is 210 g/mol. The molecule has 1 N–H and O–H groups in total. The molecule has 1 rings (SSSR count). The van der Waals surface area contributed by atoms with Crippen LogP contribution in [0.4, 0.5) is 5.69 Å². The number of allylic oxidation sites excluding steroid dienone is 2.